The molecule has 0 aliphatic carbocycles. The third kappa shape index (κ3) is 7.02. The van der Waals surface area contributed by atoms with E-state index < -0.39 is 8.38 Å². The molecule has 0 aliphatic rings. The molecule has 2 nitrogen and oxygen atoms in total. The van der Waals surface area contributed by atoms with E-state index in [1.54, 1.807) is 6.66 Å². The molecule has 0 fully saturated rings. The molecular formula is C9H21O2P. The molecule has 0 spiro atoms. The molecule has 0 aromatic carbocycles. The second kappa shape index (κ2) is 7.97. The predicted molar refractivity (Wildman–Crippen MR) is 54.3 cm³/mol. The van der Waals surface area contributed by atoms with Gasteiger partial charge in [-0.05, 0) is 12.3 Å². The van der Waals surface area contributed by atoms with Crippen molar-refractivity contribution in [1.82, 2.24) is 0 Å². The van der Waals surface area contributed by atoms with E-state index in [2.05, 4.69) is 13.8 Å². The Balaban J connectivity index is 3.39. The highest BCUT2D eigenvalue weighted by molar-refractivity contribution is 7.45. The summed E-state index contributed by atoms with van der Waals surface area (Å²) in [6.07, 6.45) is 4.91. The van der Waals surface area contributed by atoms with Crippen LogP contribution < -0.4 is 0 Å². The van der Waals surface area contributed by atoms with Crippen LogP contribution >= 0.6 is 8.38 Å². The average Bonchev–Trinajstić information content (AvgIpc) is 2.05. The Hall–Kier alpha value is 0.350. The Kier molecular flexibility index (Phi) is 8.20. The van der Waals surface area contributed by atoms with Crippen molar-refractivity contribution < 1.29 is 9.42 Å². The molecule has 0 radical (unpaired) electrons. The van der Waals surface area contributed by atoms with Gasteiger partial charge in [0.05, 0.1) is 6.61 Å². The predicted octanol–water partition coefficient (Wildman–Crippen LogP) is 3.15. The number of hydrogen-bond donors (Lipinski definition) is 1. The summed E-state index contributed by atoms with van der Waals surface area (Å²) in [5.74, 6) is 0.641. The van der Waals surface area contributed by atoms with E-state index in [0.717, 1.165) is 13.0 Å². The minimum absolute atomic E-state index is 0.641. The zero-order chi connectivity index (χ0) is 9.40. The molecule has 0 aromatic heterocycles. The monoisotopic (exact) mass is 192 g/mol. The Morgan fingerprint density at radius 2 is 2.08 bits per heavy atom. The molecule has 0 amide bonds. The largest absolute Gasteiger partial charge is 0.350 e. The first-order valence-electron chi connectivity index (χ1n) is 4.76. The molecule has 12 heavy (non-hydrogen) atoms. The van der Waals surface area contributed by atoms with Crippen LogP contribution in [0, 0.1) is 5.92 Å². The molecule has 0 heterocycles. The Bertz CT molecular complexity index is 96.5. The van der Waals surface area contributed by atoms with Crippen molar-refractivity contribution in [2.75, 3.05) is 13.3 Å². The number of rotatable bonds is 7. The highest BCUT2D eigenvalue weighted by atomic mass is 31.2. The van der Waals surface area contributed by atoms with Crippen molar-refractivity contribution in [3.05, 3.63) is 0 Å². The van der Waals surface area contributed by atoms with Crippen molar-refractivity contribution >= 4 is 8.38 Å². The van der Waals surface area contributed by atoms with E-state index in [4.69, 9.17) is 9.42 Å². The van der Waals surface area contributed by atoms with E-state index in [1.165, 1.54) is 19.3 Å². The van der Waals surface area contributed by atoms with E-state index in [9.17, 15) is 0 Å². The zero-order valence-corrected chi connectivity index (χ0v) is 9.31. The van der Waals surface area contributed by atoms with E-state index in [1.807, 2.05) is 0 Å². The number of hydrogen-bond acceptors (Lipinski definition) is 2. The van der Waals surface area contributed by atoms with Crippen molar-refractivity contribution in [1.29, 1.82) is 0 Å². The van der Waals surface area contributed by atoms with Gasteiger partial charge in [-0.3, -0.25) is 0 Å². The minimum atomic E-state index is -1.15. The van der Waals surface area contributed by atoms with Crippen molar-refractivity contribution in [2.24, 2.45) is 5.92 Å². The van der Waals surface area contributed by atoms with Crippen LogP contribution in [-0.2, 0) is 4.52 Å². The fraction of sp³-hybridized carbons (Fsp3) is 1.00. The van der Waals surface area contributed by atoms with Crippen LogP contribution in [-0.4, -0.2) is 18.2 Å². The maximum absolute atomic E-state index is 8.96. The van der Waals surface area contributed by atoms with Crippen LogP contribution in [0.3, 0.4) is 0 Å². The second-order valence-electron chi connectivity index (χ2n) is 3.18. The molecule has 0 rings (SSSR count). The quantitative estimate of drug-likeness (QED) is 0.628. The standard InChI is InChI=1S/C9H21O2P/c1-4-6-7-9(5-2)8-11-12(3)10/h9-10H,4-8H2,1-3H3. The molecule has 0 bridgehead atoms. The van der Waals surface area contributed by atoms with Crippen molar-refractivity contribution in [2.45, 2.75) is 39.5 Å². The van der Waals surface area contributed by atoms with Crippen molar-refractivity contribution in [3.63, 3.8) is 0 Å². The lowest BCUT2D eigenvalue weighted by atomic mass is 10.0. The minimum Gasteiger partial charge on any atom is -0.350 e. The van der Waals surface area contributed by atoms with Crippen LogP contribution in [0.4, 0.5) is 0 Å². The summed E-state index contributed by atoms with van der Waals surface area (Å²) < 4.78 is 5.21. The topological polar surface area (TPSA) is 29.5 Å². The van der Waals surface area contributed by atoms with Gasteiger partial charge in [-0.1, -0.05) is 33.1 Å². The fourth-order valence-electron chi connectivity index (χ4n) is 1.11. The van der Waals surface area contributed by atoms with Gasteiger partial charge < -0.3 is 9.42 Å². The summed E-state index contributed by atoms with van der Waals surface area (Å²) in [6.45, 7) is 6.84. The van der Waals surface area contributed by atoms with Gasteiger partial charge in [-0.25, -0.2) is 0 Å². The average molecular weight is 192 g/mol. The highest BCUT2D eigenvalue weighted by Gasteiger charge is 2.07. The van der Waals surface area contributed by atoms with Crippen LogP contribution in [0.5, 0.6) is 0 Å². The lowest BCUT2D eigenvalue weighted by molar-refractivity contribution is 0.234. The molecule has 3 heteroatoms. The Labute approximate surface area is 77.2 Å². The van der Waals surface area contributed by atoms with Gasteiger partial charge in [0, 0.05) is 6.66 Å². The maximum atomic E-state index is 8.96. The SMILES string of the molecule is CCCCC(CC)COP(C)O. The van der Waals surface area contributed by atoms with Gasteiger partial charge in [0.2, 0.25) is 0 Å². The first kappa shape index (κ1) is 12.3. The lowest BCUT2D eigenvalue weighted by Crippen LogP contribution is -2.06. The molecule has 2 unspecified atom stereocenters. The Morgan fingerprint density at radius 1 is 1.42 bits per heavy atom. The molecule has 0 saturated heterocycles. The first-order valence-corrected chi connectivity index (χ1v) is 6.42. The van der Waals surface area contributed by atoms with Gasteiger partial charge in [0.25, 0.3) is 0 Å². The van der Waals surface area contributed by atoms with E-state index >= 15 is 0 Å². The third-order valence-corrected chi connectivity index (χ3v) is 2.56. The normalized spacial score (nSPS) is 16.0. The summed E-state index contributed by atoms with van der Waals surface area (Å²) in [4.78, 5) is 8.96. The smallest absolute Gasteiger partial charge is 0.164 e. The molecule has 0 aromatic rings. The second-order valence-corrected chi connectivity index (χ2v) is 4.36. The Morgan fingerprint density at radius 3 is 2.50 bits per heavy atom. The van der Waals surface area contributed by atoms with Gasteiger partial charge in [0.1, 0.15) is 0 Å². The van der Waals surface area contributed by atoms with Crippen LogP contribution in [0.25, 0.3) is 0 Å². The van der Waals surface area contributed by atoms with Crippen LogP contribution in [0.15, 0.2) is 0 Å². The molecule has 1 N–H and O–H groups in total. The van der Waals surface area contributed by atoms with Gasteiger partial charge >= 0.3 is 0 Å². The van der Waals surface area contributed by atoms with E-state index in [-0.39, 0.29) is 0 Å². The van der Waals surface area contributed by atoms with Gasteiger partial charge in [-0.15, -0.1) is 0 Å². The first-order chi connectivity index (χ1) is 5.70. The zero-order valence-electron chi connectivity index (χ0n) is 8.42. The fourth-order valence-corrected chi connectivity index (χ4v) is 1.54. The summed E-state index contributed by atoms with van der Waals surface area (Å²) >= 11 is 0. The lowest BCUT2D eigenvalue weighted by Gasteiger charge is -2.15. The molecule has 2 atom stereocenters. The van der Waals surface area contributed by atoms with Crippen molar-refractivity contribution in [3.8, 4) is 0 Å². The summed E-state index contributed by atoms with van der Waals surface area (Å²) in [6, 6.07) is 0. The van der Waals surface area contributed by atoms with Gasteiger partial charge in [0.15, 0.2) is 8.38 Å². The third-order valence-electron chi connectivity index (χ3n) is 2.04. The molecule has 74 valence electrons. The van der Waals surface area contributed by atoms with Crippen LogP contribution in [0.1, 0.15) is 39.5 Å². The summed E-state index contributed by atoms with van der Waals surface area (Å²) in [5.41, 5.74) is 0. The molecular weight excluding hydrogens is 171 g/mol. The number of unbranched alkanes of at least 4 members (excludes halogenated alkanes) is 1. The summed E-state index contributed by atoms with van der Waals surface area (Å²) in [5, 5.41) is 0. The summed E-state index contributed by atoms with van der Waals surface area (Å²) in [7, 11) is -1.15. The van der Waals surface area contributed by atoms with Gasteiger partial charge in [-0.2, -0.15) is 0 Å². The van der Waals surface area contributed by atoms with E-state index in [0.29, 0.717) is 5.92 Å². The van der Waals surface area contributed by atoms with Crippen LogP contribution in [0.2, 0.25) is 0 Å². The maximum Gasteiger partial charge on any atom is 0.164 e. The molecule has 0 aliphatic heterocycles. The highest BCUT2D eigenvalue weighted by Crippen LogP contribution is 2.27. The molecule has 0 saturated carbocycles.